The molecule has 4 heterocycles. The molecule has 1 atom stereocenters. The van der Waals surface area contributed by atoms with E-state index < -0.39 is 0 Å². The van der Waals surface area contributed by atoms with Gasteiger partial charge in [0.2, 0.25) is 0 Å². The van der Waals surface area contributed by atoms with Gasteiger partial charge in [-0.2, -0.15) is 0 Å². The van der Waals surface area contributed by atoms with E-state index in [1.165, 1.54) is 5.56 Å². The van der Waals surface area contributed by atoms with Crippen molar-refractivity contribution in [2.75, 3.05) is 0 Å². The predicted octanol–water partition coefficient (Wildman–Crippen LogP) is 4.85. The first-order chi connectivity index (χ1) is 15.3. The van der Waals surface area contributed by atoms with Gasteiger partial charge in [0.1, 0.15) is 17.8 Å². The monoisotopic (exact) mass is 408 g/mol. The summed E-state index contributed by atoms with van der Waals surface area (Å²) in [6, 6.07) is 16.5. The van der Waals surface area contributed by atoms with Crippen LogP contribution in [0.1, 0.15) is 30.9 Å². The second kappa shape index (κ2) is 8.14. The Hall–Kier alpha value is -3.80. The number of H-pyrrole nitrogens is 1. The van der Waals surface area contributed by atoms with Crippen molar-refractivity contribution in [1.29, 1.82) is 0 Å². The van der Waals surface area contributed by atoms with E-state index in [1.54, 1.807) is 12.5 Å². The highest BCUT2D eigenvalue weighted by molar-refractivity contribution is 5.93. The van der Waals surface area contributed by atoms with Gasteiger partial charge in [-0.1, -0.05) is 43.3 Å². The summed E-state index contributed by atoms with van der Waals surface area (Å²) in [4.78, 5) is 21.6. The Labute approximate surface area is 181 Å². The lowest BCUT2D eigenvalue weighted by molar-refractivity contribution is 0.445. The van der Waals surface area contributed by atoms with Crippen LogP contribution in [0.4, 0.5) is 0 Å². The number of amidine groups is 1. The average molecular weight is 409 g/mol. The van der Waals surface area contributed by atoms with Gasteiger partial charge in [-0.15, -0.1) is 0 Å². The maximum atomic E-state index is 4.87. The molecule has 1 aliphatic heterocycles. The fourth-order valence-corrected chi connectivity index (χ4v) is 4.14. The van der Waals surface area contributed by atoms with Gasteiger partial charge in [-0.05, 0) is 24.1 Å². The Morgan fingerprint density at radius 1 is 1.06 bits per heavy atom. The molecular weight excluding hydrogens is 384 g/mol. The first-order valence-corrected chi connectivity index (χ1v) is 10.5. The molecule has 3 aromatic heterocycles. The van der Waals surface area contributed by atoms with Crippen LogP contribution in [0.5, 0.6) is 0 Å². The third-order valence-electron chi connectivity index (χ3n) is 5.93. The lowest BCUT2D eigenvalue weighted by Crippen LogP contribution is -2.35. The number of hydrogen-bond acceptors (Lipinski definition) is 5. The molecule has 154 valence electrons. The van der Waals surface area contributed by atoms with Crippen molar-refractivity contribution in [3.05, 3.63) is 84.4 Å². The van der Waals surface area contributed by atoms with Crippen LogP contribution in [0.25, 0.3) is 22.2 Å². The molecule has 0 radical (unpaired) electrons. The van der Waals surface area contributed by atoms with E-state index in [0.717, 1.165) is 52.9 Å². The Balaban J connectivity index is 1.46. The number of aliphatic imine (C=N–C) groups is 2. The zero-order valence-corrected chi connectivity index (χ0v) is 17.4. The Bertz CT molecular complexity index is 1240. The molecule has 1 aliphatic rings. The zero-order valence-electron chi connectivity index (χ0n) is 17.4. The molecule has 0 saturated carbocycles. The minimum absolute atomic E-state index is 0.381. The molecule has 4 aromatic rings. The third-order valence-corrected chi connectivity index (χ3v) is 5.93. The van der Waals surface area contributed by atoms with E-state index in [1.807, 2.05) is 30.7 Å². The van der Waals surface area contributed by atoms with E-state index in [-0.39, 0.29) is 5.54 Å². The number of aromatic amines is 1. The van der Waals surface area contributed by atoms with E-state index in [4.69, 9.17) is 4.99 Å². The lowest BCUT2D eigenvalue weighted by atomic mass is 9.83. The summed E-state index contributed by atoms with van der Waals surface area (Å²) in [5.41, 5.74) is 4.96. The largest absolute Gasteiger partial charge is 0.369 e. The zero-order chi connectivity index (χ0) is 21.1. The van der Waals surface area contributed by atoms with Crippen molar-refractivity contribution in [1.82, 2.24) is 20.3 Å². The molecule has 0 aliphatic carbocycles. The van der Waals surface area contributed by atoms with Crippen molar-refractivity contribution < 1.29 is 0 Å². The van der Waals surface area contributed by atoms with Gasteiger partial charge >= 0.3 is 0 Å². The van der Waals surface area contributed by atoms with Crippen LogP contribution in [-0.2, 0) is 12.1 Å². The van der Waals surface area contributed by atoms with E-state index >= 15 is 0 Å². The SMILES string of the molecule is CCC1(c2c[nH]c3ncc(-c4cccnc4)cc23)CC(NCc2ccccc2)=NC=N1. The molecule has 6 heteroatoms. The molecule has 31 heavy (non-hydrogen) atoms. The maximum absolute atomic E-state index is 4.87. The Kier molecular flexibility index (Phi) is 5.04. The topological polar surface area (TPSA) is 78.3 Å². The van der Waals surface area contributed by atoms with E-state index in [9.17, 15) is 0 Å². The summed E-state index contributed by atoms with van der Waals surface area (Å²) in [6.45, 7) is 2.92. The number of nitrogens with one attached hydrogen (secondary N) is 2. The van der Waals surface area contributed by atoms with E-state index in [0.29, 0.717) is 0 Å². The van der Waals surface area contributed by atoms with Crippen molar-refractivity contribution in [2.24, 2.45) is 9.98 Å². The molecule has 0 bridgehead atoms. The first kappa shape index (κ1) is 19.2. The maximum Gasteiger partial charge on any atom is 0.137 e. The van der Waals surface area contributed by atoms with Crippen LogP contribution in [0.3, 0.4) is 0 Å². The number of fused-ring (bicyclic) bond motifs is 1. The minimum atomic E-state index is -0.381. The van der Waals surface area contributed by atoms with Crippen LogP contribution >= 0.6 is 0 Å². The molecular formula is C25H24N6. The molecule has 5 rings (SSSR count). The number of aromatic nitrogens is 3. The highest BCUT2D eigenvalue weighted by Gasteiger charge is 2.35. The summed E-state index contributed by atoms with van der Waals surface area (Å²) >= 11 is 0. The minimum Gasteiger partial charge on any atom is -0.369 e. The van der Waals surface area contributed by atoms with Crippen molar-refractivity contribution in [2.45, 2.75) is 31.8 Å². The number of pyridine rings is 2. The standard InChI is InChI=1S/C25H24N6/c1-2-25(12-23(30-17-31-25)27-13-18-7-4-3-5-8-18)22-16-29-24-21(22)11-20(15-28-24)19-9-6-10-26-14-19/h3-11,14-17H,2,12-13H2,1H3,(H,28,29)(H,27,30,31). The molecule has 0 saturated heterocycles. The summed E-state index contributed by atoms with van der Waals surface area (Å²) in [7, 11) is 0. The number of nitrogens with zero attached hydrogens (tertiary/aromatic N) is 4. The highest BCUT2D eigenvalue weighted by atomic mass is 15.1. The van der Waals surface area contributed by atoms with Crippen molar-refractivity contribution in [3.63, 3.8) is 0 Å². The fourth-order valence-electron chi connectivity index (χ4n) is 4.14. The summed E-state index contributed by atoms with van der Waals surface area (Å²) in [5, 5.41) is 4.59. The fraction of sp³-hybridized carbons (Fsp3) is 0.200. The Morgan fingerprint density at radius 2 is 1.97 bits per heavy atom. The molecule has 1 unspecified atom stereocenters. The van der Waals surface area contributed by atoms with Gasteiger partial charge in [0.25, 0.3) is 0 Å². The number of rotatable bonds is 5. The highest BCUT2D eigenvalue weighted by Crippen LogP contribution is 2.39. The third kappa shape index (κ3) is 3.72. The smallest absolute Gasteiger partial charge is 0.137 e. The molecule has 0 amide bonds. The van der Waals surface area contributed by atoms with Crippen LogP contribution in [0.15, 0.2) is 83.3 Å². The molecule has 0 spiro atoms. The van der Waals surface area contributed by atoms with Gasteiger partial charge in [0.05, 0.1) is 5.54 Å². The first-order valence-electron chi connectivity index (χ1n) is 10.5. The molecule has 0 fully saturated rings. The van der Waals surface area contributed by atoms with Crippen LogP contribution in [-0.4, -0.2) is 27.1 Å². The van der Waals surface area contributed by atoms with Crippen LogP contribution < -0.4 is 5.32 Å². The van der Waals surface area contributed by atoms with Crippen molar-refractivity contribution >= 4 is 23.2 Å². The second-order valence-electron chi connectivity index (χ2n) is 7.79. The van der Waals surface area contributed by atoms with Gasteiger partial charge in [-0.25, -0.2) is 9.98 Å². The van der Waals surface area contributed by atoms with Gasteiger partial charge in [-0.3, -0.25) is 9.98 Å². The summed E-state index contributed by atoms with van der Waals surface area (Å²) in [6.07, 6.45) is 10.8. The lowest BCUT2D eigenvalue weighted by Gasteiger charge is -2.31. The van der Waals surface area contributed by atoms with Gasteiger partial charge < -0.3 is 10.3 Å². The Morgan fingerprint density at radius 3 is 2.77 bits per heavy atom. The number of benzene rings is 1. The average Bonchev–Trinajstić information content (AvgIpc) is 3.28. The summed E-state index contributed by atoms with van der Waals surface area (Å²) < 4.78 is 0. The predicted molar refractivity (Wildman–Crippen MR) is 125 cm³/mol. The molecule has 2 N–H and O–H groups in total. The van der Waals surface area contributed by atoms with E-state index in [2.05, 4.69) is 68.6 Å². The molecule has 6 nitrogen and oxygen atoms in total. The van der Waals surface area contributed by atoms with Crippen molar-refractivity contribution in [3.8, 4) is 11.1 Å². The second-order valence-corrected chi connectivity index (χ2v) is 7.79. The summed E-state index contributed by atoms with van der Waals surface area (Å²) in [5.74, 6) is 0.950. The quantitative estimate of drug-likeness (QED) is 0.495. The molecule has 1 aromatic carbocycles. The van der Waals surface area contributed by atoms with Gasteiger partial charge in [0.15, 0.2) is 0 Å². The normalized spacial score (nSPS) is 18.2. The van der Waals surface area contributed by atoms with Crippen LogP contribution in [0, 0.1) is 0 Å². The number of hydrogen-bond donors (Lipinski definition) is 2. The van der Waals surface area contributed by atoms with Crippen LogP contribution in [0.2, 0.25) is 0 Å². The van der Waals surface area contributed by atoms with Gasteiger partial charge in [0, 0.05) is 59.8 Å².